The van der Waals surface area contributed by atoms with Crippen LogP contribution >= 0.6 is 34.7 Å². The lowest BCUT2D eigenvalue weighted by atomic mass is 9.96. The van der Waals surface area contributed by atoms with Gasteiger partial charge in [-0.25, -0.2) is 9.79 Å². The van der Waals surface area contributed by atoms with Crippen LogP contribution in [0.5, 0.6) is 0 Å². The van der Waals surface area contributed by atoms with Gasteiger partial charge in [-0.05, 0) is 55.1 Å². The van der Waals surface area contributed by atoms with Crippen LogP contribution in [0.3, 0.4) is 0 Å². The number of aromatic nitrogens is 1. The summed E-state index contributed by atoms with van der Waals surface area (Å²) in [5, 5.41) is 0.580. The van der Waals surface area contributed by atoms with Gasteiger partial charge in [0.25, 0.3) is 5.56 Å². The van der Waals surface area contributed by atoms with E-state index in [1.54, 1.807) is 41.5 Å². The van der Waals surface area contributed by atoms with Crippen LogP contribution in [-0.4, -0.2) is 23.9 Å². The second kappa shape index (κ2) is 9.97. The highest BCUT2D eigenvalue weighted by Crippen LogP contribution is 2.32. The quantitative estimate of drug-likeness (QED) is 0.264. The number of nitrogens with zero attached hydrogens (tertiary/aromatic N) is 2. The number of furan rings is 1. The highest BCUT2D eigenvalue weighted by Gasteiger charge is 2.33. The minimum atomic E-state index is -0.651. The van der Waals surface area contributed by atoms with E-state index in [0.29, 0.717) is 37.1 Å². The van der Waals surface area contributed by atoms with Crippen LogP contribution in [0, 0.1) is 0 Å². The van der Waals surface area contributed by atoms with Crippen molar-refractivity contribution in [2.75, 3.05) is 13.4 Å². The zero-order valence-electron chi connectivity index (χ0n) is 19.7. The number of carbonyl (C=O) groups excluding carboxylic acids is 1. The first-order valence-corrected chi connectivity index (χ1v) is 13.4. The van der Waals surface area contributed by atoms with E-state index < -0.39 is 12.0 Å². The van der Waals surface area contributed by atoms with Gasteiger partial charge in [0.15, 0.2) is 4.80 Å². The fourth-order valence-corrected chi connectivity index (χ4v) is 5.82. The summed E-state index contributed by atoms with van der Waals surface area (Å²) in [7, 11) is 1.33. The van der Waals surface area contributed by atoms with Crippen LogP contribution in [0.25, 0.3) is 17.4 Å². The zero-order valence-corrected chi connectivity index (χ0v) is 22.0. The smallest absolute Gasteiger partial charge is 0.338 e. The molecule has 9 heteroatoms. The zero-order chi connectivity index (χ0) is 25.4. The van der Waals surface area contributed by atoms with Crippen LogP contribution < -0.4 is 14.9 Å². The minimum absolute atomic E-state index is 0.262. The van der Waals surface area contributed by atoms with Crippen molar-refractivity contribution in [1.82, 2.24) is 4.57 Å². The van der Waals surface area contributed by atoms with Crippen LogP contribution in [-0.2, 0) is 9.53 Å². The Balaban J connectivity index is 1.65. The highest BCUT2D eigenvalue weighted by atomic mass is 35.5. The molecule has 0 fully saturated rings. The number of thiazole rings is 1. The molecule has 0 unspecified atom stereocenters. The van der Waals surface area contributed by atoms with Crippen molar-refractivity contribution in [1.29, 1.82) is 0 Å². The van der Waals surface area contributed by atoms with Crippen molar-refractivity contribution in [2.24, 2.45) is 4.99 Å². The molecule has 3 heterocycles. The van der Waals surface area contributed by atoms with Gasteiger partial charge in [-0.15, -0.1) is 11.8 Å². The Hall–Kier alpha value is -3.33. The number of hydrogen-bond donors (Lipinski definition) is 0. The SMILES string of the molecule is COC(=O)C1=C(C)N=c2s/c(=C/c3ccc(-c4ccccc4Cl)o3)c(=O)n2[C@@H]1c1ccc(SC)cc1. The molecule has 0 saturated carbocycles. The molecule has 0 N–H and O–H groups in total. The number of fused-ring (bicyclic) bond motifs is 1. The average Bonchev–Trinajstić information content (AvgIpc) is 3.47. The van der Waals surface area contributed by atoms with E-state index >= 15 is 0 Å². The lowest BCUT2D eigenvalue weighted by molar-refractivity contribution is -0.136. The number of ether oxygens (including phenoxy) is 1. The molecular weight excluding hydrogens is 516 g/mol. The van der Waals surface area contributed by atoms with Gasteiger partial charge >= 0.3 is 5.97 Å². The Labute approximate surface area is 220 Å². The number of rotatable bonds is 5. The predicted octanol–water partition coefficient (Wildman–Crippen LogP) is 5.04. The Morgan fingerprint density at radius 3 is 2.61 bits per heavy atom. The lowest BCUT2D eigenvalue weighted by Gasteiger charge is -2.24. The largest absolute Gasteiger partial charge is 0.466 e. The standard InChI is InChI=1S/C27H21ClN2O4S2/c1-15-23(26(32)33-2)24(16-8-11-18(35-3)12-9-16)30-25(31)22(36-27(30)29-15)14-17-10-13-21(34-17)19-6-4-5-7-20(19)28/h4-14,24H,1-3H3/b22-14+/t24-/m1/s1. The Kier molecular flexibility index (Phi) is 6.75. The average molecular weight is 537 g/mol. The molecule has 0 spiro atoms. The predicted molar refractivity (Wildman–Crippen MR) is 143 cm³/mol. The van der Waals surface area contributed by atoms with Gasteiger partial charge < -0.3 is 9.15 Å². The van der Waals surface area contributed by atoms with Crippen molar-refractivity contribution in [2.45, 2.75) is 17.9 Å². The fraction of sp³-hybridized carbons (Fsp3) is 0.148. The number of halogens is 1. The van der Waals surface area contributed by atoms with Gasteiger partial charge in [-0.1, -0.05) is 47.2 Å². The maximum atomic E-state index is 13.7. The molecule has 36 heavy (non-hydrogen) atoms. The van der Waals surface area contributed by atoms with E-state index in [4.69, 9.17) is 20.8 Å². The summed E-state index contributed by atoms with van der Waals surface area (Å²) >= 11 is 9.17. The first-order valence-electron chi connectivity index (χ1n) is 11.0. The number of benzene rings is 2. The summed E-state index contributed by atoms with van der Waals surface area (Å²) in [6.07, 6.45) is 3.68. The molecule has 1 aliphatic heterocycles. The van der Waals surface area contributed by atoms with Gasteiger partial charge in [0.2, 0.25) is 0 Å². The van der Waals surface area contributed by atoms with Gasteiger partial charge in [0, 0.05) is 16.5 Å². The third-order valence-corrected chi connectivity index (χ3v) is 7.95. The molecule has 2 aromatic heterocycles. The molecular formula is C27H21ClN2O4S2. The number of methoxy groups -OCH3 is 1. The molecule has 0 aliphatic carbocycles. The van der Waals surface area contributed by atoms with E-state index in [1.807, 2.05) is 54.8 Å². The summed E-state index contributed by atoms with van der Waals surface area (Å²) in [6, 6.07) is 18.2. The molecule has 2 aromatic carbocycles. The van der Waals surface area contributed by atoms with Gasteiger partial charge in [0.1, 0.15) is 11.5 Å². The summed E-state index contributed by atoms with van der Waals surface area (Å²) in [6.45, 7) is 1.76. The topological polar surface area (TPSA) is 73.8 Å². The number of carbonyl (C=O) groups is 1. The first kappa shape index (κ1) is 24.4. The third kappa shape index (κ3) is 4.36. The molecule has 0 radical (unpaired) electrons. The van der Waals surface area contributed by atoms with Crippen molar-refractivity contribution in [3.05, 3.63) is 108 Å². The Bertz CT molecular complexity index is 1680. The summed E-state index contributed by atoms with van der Waals surface area (Å²) in [5.41, 5.74) is 2.17. The number of allylic oxidation sites excluding steroid dienone is 1. The van der Waals surface area contributed by atoms with E-state index in [-0.39, 0.29) is 5.56 Å². The van der Waals surface area contributed by atoms with Gasteiger partial charge in [-0.2, -0.15) is 0 Å². The minimum Gasteiger partial charge on any atom is -0.466 e. The van der Waals surface area contributed by atoms with E-state index in [9.17, 15) is 9.59 Å². The van der Waals surface area contributed by atoms with Crippen LogP contribution in [0.1, 0.15) is 24.3 Å². The number of esters is 1. The number of hydrogen-bond acceptors (Lipinski definition) is 7. The van der Waals surface area contributed by atoms with Crippen LogP contribution in [0.4, 0.5) is 0 Å². The fourth-order valence-electron chi connectivity index (χ4n) is 4.16. The second-order valence-electron chi connectivity index (χ2n) is 8.03. The molecule has 0 amide bonds. The Morgan fingerprint density at radius 2 is 1.92 bits per heavy atom. The maximum absolute atomic E-state index is 13.7. The van der Waals surface area contributed by atoms with Gasteiger partial charge in [0.05, 0.1) is 34.0 Å². The molecule has 182 valence electrons. The molecule has 0 bridgehead atoms. The number of thioether (sulfide) groups is 1. The molecule has 4 aromatic rings. The van der Waals surface area contributed by atoms with Gasteiger partial charge in [-0.3, -0.25) is 9.36 Å². The van der Waals surface area contributed by atoms with Crippen molar-refractivity contribution in [3.63, 3.8) is 0 Å². The van der Waals surface area contributed by atoms with E-state index in [0.717, 1.165) is 16.0 Å². The van der Waals surface area contributed by atoms with Crippen LogP contribution in [0.15, 0.2) is 91.0 Å². The monoisotopic (exact) mass is 536 g/mol. The second-order valence-corrected chi connectivity index (χ2v) is 10.3. The summed E-state index contributed by atoms with van der Waals surface area (Å²) < 4.78 is 13.0. The molecule has 6 nitrogen and oxygen atoms in total. The van der Waals surface area contributed by atoms with Crippen LogP contribution in [0.2, 0.25) is 5.02 Å². The third-order valence-electron chi connectivity index (χ3n) is 5.90. The molecule has 1 atom stereocenters. The molecule has 1 aliphatic rings. The van der Waals surface area contributed by atoms with E-state index in [2.05, 4.69) is 4.99 Å². The molecule has 0 saturated heterocycles. The maximum Gasteiger partial charge on any atom is 0.338 e. The van der Waals surface area contributed by atoms with Crippen molar-refractivity contribution in [3.8, 4) is 11.3 Å². The normalized spacial score (nSPS) is 15.6. The summed E-state index contributed by atoms with van der Waals surface area (Å²) in [4.78, 5) is 32.6. The lowest BCUT2D eigenvalue weighted by Crippen LogP contribution is -2.39. The van der Waals surface area contributed by atoms with Crippen molar-refractivity contribution < 1.29 is 13.9 Å². The Morgan fingerprint density at radius 1 is 1.17 bits per heavy atom. The highest BCUT2D eigenvalue weighted by molar-refractivity contribution is 7.98. The first-order chi connectivity index (χ1) is 17.4. The molecule has 5 rings (SSSR count). The summed E-state index contributed by atoms with van der Waals surface area (Å²) in [5.74, 6) is 0.607. The van der Waals surface area contributed by atoms with Crippen molar-refractivity contribution >= 4 is 46.7 Å². The van der Waals surface area contributed by atoms with E-state index in [1.165, 1.54) is 18.4 Å².